The molecule has 0 amide bonds. The Morgan fingerprint density at radius 2 is 1.90 bits per heavy atom. The Kier molecular flexibility index (Phi) is 5.13. The molecule has 2 aromatic rings. The molecule has 0 aliphatic carbocycles. The maximum Gasteiger partial charge on any atom is 0.165 e. The molecule has 0 heterocycles. The molecule has 0 bridgehead atoms. The van der Waals surface area contributed by atoms with Gasteiger partial charge >= 0.3 is 0 Å². The molecular formula is C17H19FO2. The lowest BCUT2D eigenvalue weighted by molar-refractivity contribution is 0.198. The number of halogens is 1. The molecule has 0 saturated heterocycles. The van der Waals surface area contributed by atoms with E-state index in [4.69, 9.17) is 4.74 Å². The summed E-state index contributed by atoms with van der Waals surface area (Å²) in [6, 6.07) is 14.7. The lowest BCUT2D eigenvalue weighted by Crippen LogP contribution is -2.02. The molecule has 0 saturated carbocycles. The largest absolute Gasteiger partial charge is 0.491 e. The number of ether oxygens (including phenoxy) is 1. The van der Waals surface area contributed by atoms with Gasteiger partial charge in [0.25, 0.3) is 0 Å². The van der Waals surface area contributed by atoms with E-state index in [-0.39, 0.29) is 5.75 Å². The van der Waals surface area contributed by atoms with Gasteiger partial charge in [-0.25, -0.2) is 4.39 Å². The van der Waals surface area contributed by atoms with Gasteiger partial charge in [0.1, 0.15) is 0 Å². The van der Waals surface area contributed by atoms with Crippen LogP contribution >= 0.6 is 0 Å². The smallest absolute Gasteiger partial charge is 0.165 e. The second-order valence-electron chi connectivity index (χ2n) is 4.80. The average molecular weight is 274 g/mol. The molecule has 20 heavy (non-hydrogen) atoms. The molecule has 2 nitrogen and oxygen atoms in total. The van der Waals surface area contributed by atoms with Gasteiger partial charge in [0.2, 0.25) is 0 Å². The molecule has 2 aromatic carbocycles. The van der Waals surface area contributed by atoms with Crippen LogP contribution in [-0.4, -0.2) is 11.7 Å². The molecule has 0 aliphatic rings. The average Bonchev–Trinajstić information content (AvgIpc) is 2.46. The minimum Gasteiger partial charge on any atom is -0.491 e. The fourth-order valence-electron chi connectivity index (χ4n) is 2.00. The molecule has 1 unspecified atom stereocenters. The van der Waals surface area contributed by atoms with E-state index >= 15 is 0 Å². The van der Waals surface area contributed by atoms with E-state index in [1.165, 1.54) is 11.6 Å². The molecule has 0 fully saturated rings. The SMILES string of the molecule is CC(O)c1ccc(OCCCc2ccccc2)c(F)c1. The van der Waals surface area contributed by atoms with Crippen molar-refractivity contribution in [2.45, 2.75) is 25.9 Å². The molecule has 0 aromatic heterocycles. The molecule has 3 heteroatoms. The zero-order valence-corrected chi connectivity index (χ0v) is 11.6. The van der Waals surface area contributed by atoms with E-state index in [1.807, 2.05) is 18.2 Å². The van der Waals surface area contributed by atoms with Crippen molar-refractivity contribution in [2.75, 3.05) is 6.61 Å². The number of hydrogen-bond acceptors (Lipinski definition) is 2. The van der Waals surface area contributed by atoms with Gasteiger partial charge < -0.3 is 9.84 Å². The molecule has 2 rings (SSSR count). The summed E-state index contributed by atoms with van der Waals surface area (Å²) in [5.41, 5.74) is 1.81. The third-order valence-corrected chi connectivity index (χ3v) is 3.15. The quantitative estimate of drug-likeness (QED) is 0.810. The molecule has 106 valence electrons. The van der Waals surface area contributed by atoms with Gasteiger partial charge in [-0.1, -0.05) is 36.4 Å². The molecule has 1 atom stereocenters. The van der Waals surface area contributed by atoms with E-state index in [9.17, 15) is 9.50 Å². The van der Waals surface area contributed by atoms with Gasteiger partial charge in [-0.3, -0.25) is 0 Å². The zero-order valence-electron chi connectivity index (χ0n) is 11.6. The zero-order chi connectivity index (χ0) is 14.4. The number of aliphatic hydroxyl groups excluding tert-OH is 1. The van der Waals surface area contributed by atoms with E-state index in [1.54, 1.807) is 19.1 Å². The minimum absolute atomic E-state index is 0.238. The maximum absolute atomic E-state index is 13.7. The molecule has 0 radical (unpaired) electrons. The predicted octanol–water partition coefficient (Wildman–Crippen LogP) is 3.89. The predicted molar refractivity (Wildman–Crippen MR) is 77.3 cm³/mol. The minimum atomic E-state index is -0.670. The van der Waals surface area contributed by atoms with Crippen LogP contribution in [0.4, 0.5) is 4.39 Å². The lowest BCUT2D eigenvalue weighted by Gasteiger charge is -2.10. The summed E-state index contributed by atoms with van der Waals surface area (Å²) >= 11 is 0. The van der Waals surface area contributed by atoms with Crippen LogP contribution in [-0.2, 0) is 6.42 Å². The van der Waals surface area contributed by atoms with Crippen LogP contribution < -0.4 is 4.74 Å². The highest BCUT2D eigenvalue weighted by molar-refractivity contribution is 5.30. The summed E-state index contributed by atoms with van der Waals surface area (Å²) in [4.78, 5) is 0. The van der Waals surface area contributed by atoms with Crippen LogP contribution in [0, 0.1) is 5.82 Å². The maximum atomic E-state index is 13.7. The van der Waals surface area contributed by atoms with Crippen molar-refractivity contribution in [1.82, 2.24) is 0 Å². The fraction of sp³-hybridized carbons (Fsp3) is 0.294. The van der Waals surface area contributed by atoms with Crippen LogP contribution in [0.2, 0.25) is 0 Å². The fourth-order valence-corrected chi connectivity index (χ4v) is 2.00. The van der Waals surface area contributed by atoms with E-state index in [0.29, 0.717) is 12.2 Å². The Labute approximate surface area is 118 Å². The summed E-state index contributed by atoms with van der Waals surface area (Å²) in [5, 5.41) is 9.37. The Morgan fingerprint density at radius 3 is 2.55 bits per heavy atom. The summed E-state index contributed by atoms with van der Waals surface area (Å²) < 4.78 is 19.2. The monoisotopic (exact) mass is 274 g/mol. The Balaban J connectivity index is 1.82. The third-order valence-electron chi connectivity index (χ3n) is 3.15. The summed E-state index contributed by atoms with van der Waals surface area (Å²) in [5.74, 6) is -0.189. The summed E-state index contributed by atoms with van der Waals surface area (Å²) in [6.07, 6.45) is 1.08. The van der Waals surface area contributed by atoms with Gasteiger partial charge in [-0.15, -0.1) is 0 Å². The van der Waals surface area contributed by atoms with E-state index in [2.05, 4.69) is 12.1 Å². The van der Waals surface area contributed by atoms with Crippen LogP contribution in [0.25, 0.3) is 0 Å². The van der Waals surface area contributed by atoms with Crippen molar-refractivity contribution in [3.8, 4) is 5.75 Å². The number of rotatable bonds is 6. The van der Waals surface area contributed by atoms with Crippen molar-refractivity contribution in [3.05, 3.63) is 65.5 Å². The second kappa shape index (κ2) is 7.06. The number of aryl methyl sites for hydroxylation is 1. The van der Waals surface area contributed by atoms with Crippen molar-refractivity contribution < 1.29 is 14.2 Å². The van der Waals surface area contributed by atoms with Gasteiger partial charge in [0.05, 0.1) is 12.7 Å². The van der Waals surface area contributed by atoms with Crippen molar-refractivity contribution in [2.24, 2.45) is 0 Å². The first-order valence-electron chi connectivity index (χ1n) is 6.81. The Morgan fingerprint density at radius 1 is 1.15 bits per heavy atom. The number of benzene rings is 2. The molecular weight excluding hydrogens is 255 g/mol. The summed E-state index contributed by atoms with van der Waals surface area (Å²) in [7, 11) is 0. The first kappa shape index (κ1) is 14.5. The van der Waals surface area contributed by atoms with Gasteiger partial charge in [-0.05, 0) is 43.0 Å². The first-order valence-corrected chi connectivity index (χ1v) is 6.81. The van der Waals surface area contributed by atoms with Crippen LogP contribution in [0.5, 0.6) is 5.75 Å². The number of hydrogen-bond donors (Lipinski definition) is 1. The van der Waals surface area contributed by atoms with Crippen molar-refractivity contribution >= 4 is 0 Å². The van der Waals surface area contributed by atoms with Crippen molar-refractivity contribution in [1.29, 1.82) is 0 Å². The number of aliphatic hydroxyl groups is 1. The molecule has 1 N–H and O–H groups in total. The highest BCUT2D eigenvalue weighted by atomic mass is 19.1. The standard InChI is InChI=1S/C17H19FO2/c1-13(19)15-9-10-17(16(18)12-15)20-11-5-8-14-6-3-2-4-7-14/h2-4,6-7,9-10,12-13,19H,5,8,11H2,1H3. The van der Waals surface area contributed by atoms with E-state index in [0.717, 1.165) is 12.8 Å². The lowest BCUT2D eigenvalue weighted by atomic mass is 10.1. The Bertz CT molecular complexity index is 538. The molecule has 0 spiro atoms. The van der Waals surface area contributed by atoms with Crippen LogP contribution in [0.3, 0.4) is 0 Å². The van der Waals surface area contributed by atoms with Gasteiger partial charge in [0.15, 0.2) is 11.6 Å². The Hall–Kier alpha value is -1.87. The highest BCUT2D eigenvalue weighted by Crippen LogP contribution is 2.22. The second-order valence-corrected chi connectivity index (χ2v) is 4.80. The highest BCUT2D eigenvalue weighted by Gasteiger charge is 2.07. The van der Waals surface area contributed by atoms with Crippen molar-refractivity contribution in [3.63, 3.8) is 0 Å². The van der Waals surface area contributed by atoms with E-state index < -0.39 is 11.9 Å². The normalized spacial score (nSPS) is 12.2. The first-order chi connectivity index (χ1) is 9.66. The van der Waals surface area contributed by atoms with Crippen LogP contribution in [0.1, 0.15) is 30.6 Å². The topological polar surface area (TPSA) is 29.5 Å². The third kappa shape index (κ3) is 4.07. The van der Waals surface area contributed by atoms with Crippen LogP contribution in [0.15, 0.2) is 48.5 Å². The van der Waals surface area contributed by atoms with Gasteiger partial charge in [-0.2, -0.15) is 0 Å². The molecule has 0 aliphatic heterocycles. The van der Waals surface area contributed by atoms with Gasteiger partial charge in [0, 0.05) is 0 Å². The summed E-state index contributed by atoms with van der Waals surface area (Å²) in [6.45, 7) is 2.08.